The van der Waals surface area contributed by atoms with Crippen molar-refractivity contribution >= 4 is 5.91 Å². The second-order valence-corrected chi connectivity index (χ2v) is 5.73. The Bertz CT molecular complexity index is 452. The van der Waals surface area contributed by atoms with Gasteiger partial charge >= 0.3 is 0 Å². The molecule has 1 aliphatic heterocycles. The van der Waals surface area contributed by atoms with E-state index >= 15 is 0 Å². The topological polar surface area (TPSA) is 49.0 Å². The quantitative estimate of drug-likeness (QED) is 0.826. The molecule has 0 spiro atoms. The Morgan fingerprint density at radius 2 is 2.17 bits per heavy atom. The molecular weight excluding hydrogens is 226 g/mol. The number of aromatic nitrogens is 2. The first-order valence-electron chi connectivity index (χ1n) is 7.11. The standard InChI is InChI=1S/C14H21N3O/c1-10-5-4-8-17(9-10)14(18)13-11-6-2-3-7-12(11)15-16-13/h10H,2-9H2,1H3,(H,15,16). The summed E-state index contributed by atoms with van der Waals surface area (Å²) < 4.78 is 0. The second kappa shape index (κ2) is 4.75. The van der Waals surface area contributed by atoms with Crippen LogP contribution in [0.4, 0.5) is 0 Å². The minimum Gasteiger partial charge on any atom is -0.337 e. The van der Waals surface area contributed by atoms with Crippen LogP contribution in [0.2, 0.25) is 0 Å². The van der Waals surface area contributed by atoms with Gasteiger partial charge in [-0.2, -0.15) is 5.10 Å². The number of aryl methyl sites for hydroxylation is 1. The predicted octanol–water partition coefficient (Wildman–Crippen LogP) is 2.16. The van der Waals surface area contributed by atoms with Crippen molar-refractivity contribution in [2.75, 3.05) is 13.1 Å². The first-order valence-corrected chi connectivity index (χ1v) is 7.11. The number of nitrogens with zero attached hydrogens (tertiary/aromatic N) is 2. The van der Waals surface area contributed by atoms with Gasteiger partial charge in [0.25, 0.3) is 5.91 Å². The highest BCUT2D eigenvalue weighted by atomic mass is 16.2. The lowest BCUT2D eigenvalue weighted by Gasteiger charge is -2.30. The molecule has 2 aliphatic rings. The fourth-order valence-corrected chi connectivity index (χ4v) is 3.18. The summed E-state index contributed by atoms with van der Waals surface area (Å²) in [7, 11) is 0. The molecule has 1 atom stereocenters. The minimum atomic E-state index is 0.140. The summed E-state index contributed by atoms with van der Waals surface area (Å²) in [5, 5.41) is 7.34. The Morgan fingerprint density at radius 1 is 1.33 bits per heavy atom. The SMILES string of the molecule is CC1CCCN(C(=O)c2n[nH]c3c2CCCC3)C1. The fourth-order valence-electron chi connectivity index (χ4n) is 3.18. The van der Waals surface area contributed by atoms with Gasteiger partial charge in [0.15, 0.2) is 5.69 Å². The van der Waals surface area contributed by atoms with Crippen molar-refractivity contribution in [1.29, 1.82) is 0 Å². The number of hydrogen-bond donors (Lipinski definition) is 1. The lowest BCUT2D eigenvalue weighted by atomic mass is 9.95. The molecule has 3 rings (SSSR count). The summed E-state index contributed by atoms with van der Waals surface area (Å²) in [5.41, 5.74) is 3.07. The van der Waals surface area contributed by atoms with E-state index in [0.717, 1.165) is 32.4 Å². The van der Waals surface area contributed by atoms with E-state index in [9.17, 15) is 4.79 Å². The van der Waals surface area contributed by atoms with Crippen molar-refractivity contribution in [2.24, 2.45) is 5.92 Å². The van der Waals surface area contributed by atoms with Gasteiger partial charge in [0.05, 0.1) is 0 Å². The molecule has 1 fully saturated rings. The molecule has 1 amide bonds. The van der Waals surface area contributed by atoms with Crippen molar-refractivity contribution in [3.8, 4) is 0 Å². The van der Waals surface area contributed by atoms with Gasteiger partial charge in [0.1, 0.15) is 0 Å². The van der Waals surface area contributed by atoms with E-state index in [0.29, 0.717) is 11.6 Å². The van der Waals surface area contributed by atoms with Crippen LogP contribution in [0.25, 0.3) is 0 Å². The van der Waals surface area contributed by atoms with Gasteiger partial charge in [-0.15, -0.1) is 0 Å². The fraction of sp³-hybridized carbons (Fsp3) is 0.714. The van der Waals surface area contributed by atoms with Gasteiger partial charge in [-0.3, -0.25) is 9.89 Å². The van der Waals surface area contributed by atoms with Crippen LogP contribution < -0.4 is 0 Å². The molecule has 0 aromatic carbocycles. The number of aromatic amines is 1. The number of H-pyrrole nitrogens is 1. The molecule has 1 aliphatic carbocycles. The van der Waals surface area contributed by atoms with E-state index in [4.69, 9.17) is 0 Å². The van der Waals surface area contributed by atoms with Crippen molar-refractivity contribution in [3.63, 3.8) is 0 Å². The zero-order chi connectivity index (χ0) is 12.5. The normalized spacial score (nSPS) is 23.8. The highest BCUT2D eigenvalue weighted by Crippen LogP contribution is 2.24. The van der Waals surface area contributed by atoms with Crippen LogP contribution in [0.3, 0.4) is 0 Å². The van der Waals surface area contributed by atoms with E-state index in [-0.39, 0.29) is 5.91 Å². The largest absolute Gasteiger partial charge is 0.337 e. The molecule has 1 N–H and O–H groups in total. The number of likely N-dealkylation sites (tertiary alicyclic amines) is 1. The molecule has 1 aromatic heterocycles. The highest BCUT2D eigenvalue weighted by Gasteiger charge is 2.27. The van der Waals surface area contributed by atoms with Crippen LogP contribution in [0.5, 0.6) is 0 Å². The monoisotopic (exact) mass is 247 g/mol. The van der Waals surface area contributed by atoms with E-state index in [1.54, 1.807) is 0 Å². The molecule has 2 heterocycles. The number of hydrogen-bond acceptors (Lipinski definition) is 2. The van der Waals surface area contributed by atoms with Crippen molar-refractivity contribution < 1.29 is 4.79 Å². The molecule has 1 aromatic rings. The van der Waals surface area contributed by atoms with Gasteiger partial charge in [-0.1, -0.05) is 6.92 Å². The lowest BCUT2D eigenvalue weighted by Crippen LogP contribution is -2.39. The number of carbonyl (C=O) groups is 1. The molecular formula is C14H21N3O. The van der Waals surface area contributed by atoms with Crippen LogP contribution in [-0.4, -0.2) is 34.1 Å². The smallest absolute Gasteiger partial charge is 0.274 e. The van der Waals surface area contributed by atoms with Crippen LogP contribution in [0.15, 0.2) is 0 Å². The lowest BCUT2D eigenvalue weighted by molar-refractivity contribution is 0.0676. The average Bonchev–Trinajstić information content (AvgIpc) is 2.82. The molecule has 4 nitrogen and oxygen atoms in total. The second-order valence-electron chi connectivity index (χ2n) is 5.73. The summed E-state index contributed by atoms with van der Waals surface area (Å²) >= 11 is 0. The molecule has 1 unspecified atom stereocenters. The number of rotatable bonds is 1. The number of fused-ring (bicyclic) bond motifs is 1. The molecule has 0 bridgehead atoms. The van der Waals surface area contributed by atoms with Gasteiger partial charge in [0.2, 0.25) is 0 Å². The van der Waals surface area contributed by atoms with Crippen LogP contribution >= 0.6 is 0 Å². The number of piperidine rings is 1. The van der Waals surface area contributed by atoms with E-state index < -0.39 is 0 Å². The summed E-state index contributed by atoms with van der Waals surface area (Å²) in [6.45, 7) is 4.00. The molecule has 18 heavy (non-hydrogen) atoms. The van der Waals surface area contributed by atoms with Crippen LogP contribution in [0.1, 0.15) is 54.4 Å². The molecule has 4 heteroatoms. The summed E-state index contributed by atoms with van der Waals surface area (Å²) in [5.74, 6) is 0.762. The van der Waals surface area contributed by atoms with E-state index in [2.05, 4.69) is 17.1 Å². The third kappa shape index (κ3) is 2.04. The maximum absolute atomic E-state index is 12.5. The molecule has 98 valence electrons. The van der Waals surface area contributed by atoms with Gasteiger partial charge in [-0.05, 0) is 44.4 Å². The maximum atomic E-state index is 12.5. The van der Waals surface area contributed by atoms with E-state index in [1.807, 2.05) is 4.90 Å². The van der Waals surface area contributed by atoms with E-state index in [1.165, 1.54) is 30.5 Å². The maximum Gasteiger partial charge on any atom is 0.274 e. The first-order chi connectivity index (χ1) is 8.75. The van der Waals surface area contributed by atoms with Crippen molar-refractivity contribution in [2.45, 2.75) is 45.4 Å². The Kier molecular flexibility index (Phi) is 3.10. The Morgan fingerprint density at radius 3 is 3.00 bits per heavy atom. The number of carbonyl (C=O) groups excluding carboxylic acids is 1. The summed E-state index contributed by atoms with van der Waals surface area (Å²) in [6.07, 6.45) is 6.82. The first kappa shape index (κ1) is 11.8. The zero-order valence-corrected chi connectivity index (χ0v) is 11.0. The molecule has 0 saturated carbocycles. The van der Waals surface area contributed by atoms with Gasteiger partial charge in [-0.25, -0.2) is 0 Å². The number of amides is 1. The molecule has 0 radical (unpaired) electrons. The Balaban J connectivity index is 1.81. The summed E-state index contributed by atoms with van der Waals surface area (Å²) in [4.78, 5) is 14.5. The third-order valence-corrected chi connectivity index (χ3v) is 4.20. The number of nitrogens with one attached hydrogen (secondary N) is 1. The highest BCUT2D eigenvalue weighted by molar-refractivity contribution is 5.94. The van der Waals surface area contributed by atoms with Crippen molar-refractivity contribution in [3.05, 3.63) is 17.0 Å². The third-order valence-electron chi connectivity index (χ3n) is 4.20. The van der Waals surface area contributed by atoms with Gasteiger partial charge < -0.3 is 4.90 Å². The molecule has 1 saturated heterocycles. The van der Waals surface area contributed by atoms with Crippen LogP contribution in [-0.2, 0) is 12.8 Å². The average molecular weight is 247 g/mol. The Hall–Kier alpha value is -1.32. The summed E-state index contributed by atoms with van der Waals surface area (Å²) in [6, 6.07) is 0. The predicted molar refractivity (Wildman–Crippen MR) is 69.5 cm³/mol. The van der Waals surface area contributed by atoms with Crippen molar-refractivity contribution in [1.82, 2.24) is 15.1 Å². The van der Waals surface area contributed by atoms with Crippen LogP contribution in [0, 0.1) is 5.92 Å². The Labute approximate surface area is 108 Å². The minimum absolute atomic E-state index is 0.140. The zero-order valence-electron chi connectivity index (χ0n) is 11.0. The van der Waals surface area contributed by atoms with Gasteiger partial charge in [0, 0.05) is 24.3 Å².